The third-order valence-electron chi connectivity index (χ3n) is 5.33. The van der Waals surface area contributed by atoms with Gasteiger partial charge in [0.25, 0.3) is 0 Å². The lowest BCUT2D eigenvalue weighted by atomic mass is 10.1. The van der Waals surface area contributed by atoms with E-state index in [4.69, 9.17) is 34.8 Å². The molecule has 0 aliphatic rings. The number of carbonyl (C=O) groups is 2. The minimum atomic E-state index is -3.68. The zero-order valence-corrected chi connectivity index (χ0v) is 23.0. The van der Waals surface area contributed by atoms with Gasteiger partial charge in [0.05, 0.1) is 17.0 Å². The summed E-state index contributed by atoms with van der Waals surface area (Å²) in [7, 11) is -3.68. The summed E-state index contributed by atoms with van der Waals surface area (Å²) in [5, 5.41) is 3.94. The predicted octanol–water partition coefficient (Wildman–Crippen LogP) is 5.14. The molecule has 2 rings (SSSR count). The lowest BCUT2D eigenvalue weighted by molar-refractivity contribution is -0.141. The molecular formula is C24H30Cl3N3O4S. The van der Waals surface area contributed by atoms with Crippen LogP contribution in [0.3, 0.4) is 0 Å². The summed E-state index contributed by atoms with van der Waals surface area (Å²) < 4.78 is 26.0. The highest BCUT2D eigenvalue weighted by molar-refractivity contribution is 7.92. The number of carbonyl (C=O) groups excluding carboxylic acids is 2. The summed E-state index contributed by atoms with van der Waals surface area (Å²) >= 11 is 18.2. The van der Waals surface area contributed by atoms with Gasteiger partial charge in [0.1, 0.15) is 6.04 Å². The molecule has 35 heavy (non-hydrogen) atoms. The van der Waals surface area contributed by atoms with E-state index >= 15 is 0 Å². The van der Waals surface area contributed by atoms with Crippen molar-refractivity contribution in [2.75, 3.05) is 23.7 Å². The number of likely N-dealkylation sites (N-methyl/N-ethyl adjacent to an activating group) is 1. The number of amides is 2. The van der Waals surface area contributed by atoms with Gasteiger partial charge in [0.15, 0.2) is 0 Å². The maximum atomic E-state index is 13.3. The van der Waals surface area contributed by atoms with Crippen molar-refractivity contribution in [3.8, 4) is 0 Å². The van der Waals surface area contributed by atoms with Crippen LogP contribution in [-0.2, 0) is 26.2 Å². The molecule has 11 heteroatoms. The fourth-order valence-electron chi connectivity index (χ4n) is 3.66. The van der Waals surface area contributed by atoms with E-state index in [2.05, 4.69) is 5.32 Å². The van der Waals surface area contributed by atoms with Crippen molar-refractivity contribution in [1.82, 2.24) is 10.2 Å². The fraction of sp³-hybridized carbons (Fsp3) is 0.417. The second kappa shape index (κ2) is 13.3. The van der Waals surface area contributed by atoms with Crippen LogP contribution in [0.5, 0.6) is 0 Å². The van der Waals surface area contributed by atoms with E-state index in [1.165, 1.54) is 17.0 Å². The molecule has 0 saturated carbocycles. The predicted molar refractivity (Wildman–Crippen MR) is 143 cm³/mol. The first-order chi connectivity index (χ1) is 16.5. The fourth-order valence-corrected chi connectivity index (χ4v) is 5.19. The topological polar surface area (TPSA) is 86.8 Å². The van der Waals surface area contributed by atoms with Gasteiger partial charge in [-0.2, -0.15) is 0 Å². The van der Waals surface area contributed by atoms with Gasteiger partial charge >= 0.3 is 0 Å². The van der Waals surface area contributed by atoms with Crippen molar-refractivity contribution in [3.05, 3.63) is 63.1 Å². The van der Waals surface area contributed by atoms with Gasteiger partial charge in [-0.25, -0.2) is 8.42 Å². The van der Waals surface area contributed by atoms with Crippen LogP contribution in [0.25, 0.3) is 0 Å². The summed E-state index contributed by atoms with van der Waals surface area (Å²) in [6.45, 7) is 4.35. The standard InChI is InChI=1S/C24H30Cl3N3O4S/c1-4-21(24(32)28-5-2)29(16-17-8-10-18(25)11-9-17)23(31)7-6-14-30(35(3,33)34)22-15-19(26)12-13-20(22)27/h8-13,15,21H,4-7,14,16H2,1-3H3,(H,28,32)/t21-/m0/s1. The number of sulfonamides is 1. The van der Waals surface area contributed by atoms with Gasteiger partial charge in [-0.15, -0.1) is 0 Å². The molecule has 0 unspecified atom stereocenters. The van der Waals surface area contributed by atoms with Gasteiger partial charge in [0.2, 0.25) is 21.8 Å². The molecule has 0 aromatic heterocycles. The van der Waals surface area contributed by atoms with Crippen LogP contribution in [-0.4, -0.2) is 50.5 Å². The molecule has 2 aromatic rings. The van der Waals surface area contributed by atoms with Crippen molar-refractivity contribution in [1.29, 1.82) is 0 Å². The van der Waals surface area contributed by atoms with E-state index in [0.29, 0.717) is 23.0 Å². The van der Waals surface area contributed by atoms with Crippen molar-refractivity contribution in [2.45, 2.75) is 45.7 Å². The molecule has 0 bridgehead atoms. The number of hydrogen-bond donors (Lipinski definition) is 1. The van der Waals surface area contributed by atoms with Crippen molar-refractivity contribution >= 4 is 62.3 Å². The van der Waals surface area contributed by atoms with Crippen LogP contribution in [0.4, 0.5) is 5.69 Å². The SMILES string of the molecule is CCNC(=O)[C@H](CC)N(Cc1ccc(Cl)cc1)C(=O)CCCN(c1cc(Cl)ccc1Cl)S(C)(=O)=O. The highest BCUT2D eigenvalue weighted by Crippen LogP contribution is 2.31. The summed E-state index contributed by atoms with van der Waals surface area (Å²) in [4.78, 5) is 27.5. The van der Waals surface area contributed by atoms with Crippen LogP contribution in [0.1, 0.15) is 38.7 Å². The zero-order valence-electron chi connectivity index (χ0n) is 19.9. The highest BCUT2D eigenvalue weighted by atomic mass is 35.5. The van der Waals surface area contributed by atoms with Gasteiger partial charge in [-0.1, -0.05) is 53.9 Å². The summed E-state index contributed by atoms with van der Waals surface area (Å²) in [5.41, 5.74) is 1.08. The molecule has 1 N–H and O–H groups in total. The van der Waals surface area contributed by atoms with Gasteiger partial charge in [-0.3, -0.25) is 13.9 Å². The molecule has 7 nitrogen and oxygen atoms in total. The number of hydrogen-bond acceptors (Lipinski definition) is 4. The first-order valence-electron chi connectivity index (χ1n) is 11.2. The lowest BCUT2D eigenvalue weighted by Gasteiger charge is -2.31. The normalized spacial score (nSPS) is 12.2. The largest absolute Gasteiger partial charge is 0.355 e. The van der Waals surface area contributed by atoms with Crippen molar-refractivity contribution in [2.24, 2.45) is 0 Å². The molecule has 0 heterocycles. The monoisotopic (exact) mass is 561 g/mol. The Bertz CT molecular complexity index is 1130. The van der Waals surface area contributed by atoms with Gasteiger partial charge < -0.3 is 10.2 Å². The van der Waals surface area contributed by atoms with E-state index in [-0.39, 0.29) is 48.5 Å². The van der Waals surface area contributed by atoms with Gasteiger partial charge in [-0.05, 0) is 55.7 Å². The van der Waals surface area contributed by atoms with E-state index < -0.39 is 16.1 Å². The van der Waals surface area contributed by atoms with Crippen LogP contribution in [0, 0.1) is 0 Å². The number of rotatable bonds is 12. The Morgan fingerprint density at radius 2 is 1.63 bits per heavy atom. The van der Waals surface area contributed by atoms with Crippen LogP contribution in [0.15, 0.2) is 42.5 Å². The number of benzene rings is 2. The Balaban J connectivity index is 2.23. The van der Waals surface area contributed by atoms with E-state index in [0.717, 1.165) is 16.1 Å². The minimum Gasteiger partial charge on any atom is -0.355 e. The van der Waals surface area contributed by atoms with E-state index in [9.17, 15) is 18.0 Å². The number of anilines is 1. The minimum absolute atomic E-state index is 0.0252. The Morgan fingerprint density at radius 1 is 1.00 bits per heavy atom. The van der Waals surface area contributed by atoms with E-state index in [1.54, 1.807) is 30.3 Å². The number of halogens is 3. The molecule has 192 valence electrons. The van der Waals surface area contributed by atoms with Crippen molar-refractivity contribution in [3.63, 3.8) is 0 Å². The van der Waals surface area contributed by atoms with Crippen LogP contribution >= 0.6 is 34.8 Å². The molecule has 0 spiro atoms. The smallest absolute Gasteiger partial charge is 0.242 e. The Labute approximate surface area is 222 Å². The first-order valence-corrected chi connectivity index (χ1v) is 14.2. The maximum absolute atomic E-state index is 13.3. The van der Waals surface area contributed by atoms with Crippen LogP contribution in [0.2, 0.25) is 15.1 Å². The van der Waals surface area contributed by atoms with Gasteiger partial charge in [0, 0.05) is 36.1 Å². The second-order valence-corrected chi connectivity index (χ2v) is 11.2. The summed E-state index contributed by atoms with van der Waals surface area (Å²) in [6.07, 6.45) is 1.76. The average molecular weight is 563 g/mol. The highest BCUT2D eigenvalue weighted by Gasteiger charge is 2.28. The average Bonchev–Trinajstić information content (AvgIpc) is 2.79. The molecule has 0 aliphatic heterocycles. The van der Waals surface area contributed by atoms with Crippen LogP contribution < -0.4 is 9.62 Å². The molecule has 2 amide bonds. The third kappa shape index (κ3) is 8.56. The second-order valence-electron chi connectivity index (χ2n) is 8.00. The number of nitrogens with zero attached hydrogens (tertiary/aromatic N) is 2. The zero-order chi connectivity index (χ0) is 26.2. The Kier molecular flexibility index (Phi) is 11.1. The molecule has 0 aliphatic carbocycles. The lowest BCUT2D eigenvalue weighted by Crippen LogP contribution is -2.49. The molecule has 0 fully saturated rings. The Morgan fingerprint density at radius 3 is 2.20 bits per heavy atom. The third-order valence-corrected chi connectivity index (χ3v) is 7.32. The molecule has 0 saturated heterocycles. The summed E-state index contributed by atoms with van der Waals surface area (Å²) in [5.74, 6) is -0.496. The Hall–Kier alpha value is -2.00. The molecular weight excluding hydrogens is 533 g/mol. The molecule has 1 atom stereocenters. The van der Waals surface area contributed by atoms with Crippen molar-refractivity contribution < 1.29 is 18.0 Å². The summed E-state index contributed by atoms with van der Waals surface area (Å²) in [6, 6.07) is 11.0. The first kappa shape index (κ1) is 29.2. The maximum Gasteiger partial charge on any atom is 0.242 e. The molecule has 0 radical (unpaired) electrons. The van der Waals surface area contributed by atoms with E-state index in [1.807, 2.05) is 13.8 Å². The number of nitrogens with one attached hydrogen (secondary N) is 1. The molecule has 2 aromatic carbocycles. The quantitative estimate of drug-likeness (QED) is 0.388.